The summed E-state index contributed by atoms with van der Waals surface area (Å²) in [5.41, 5.74) is 1.76. The van der Waals surface area contributed by atoms with Crippen LogP contribution in [0, 0.1) is 5.82 Å². The smallest absolute Gasteiger partial charge is 0.191 e. The second kappa shape index (κ2) is 11.7. The van der Waals surface area contributed by atoms with Crippen molar-refractivity contribution in [2.24, 2.45) is 4.99 Å². The second-order valence-corrected chi connectivity index (χ2v) is 9.11. The van der Waals surface area contributed by atoms with E-state index in [1.807, 2.05) is 31.1 Å². The minimum absolute atomic E-state index is 0.147. The summed E-state index contributed by atoms with van der Waals surface area (Å²) in [5, 5.41) is 7.01. The molecule has 0 spiro atoms. The summed E-state index contributed by atoms with van der Waals surface area (Å²) in [7, 11) is 3.91. The molecule has 2 aliphatic rings. The van der Waals surface area contributed by atoms with Gasteiger partial charge >= 0.3 is 0 Å². The van der Waals surface area contributed by atoms with Gasteiger partial charge in [0.2, 0.25) is 0 Å². The van der Waals surface area contributed by atoms with E-state index < -0.39 is 0 Å². The number of guanidine groups is 1. The molecule has 30 heavy (non-hydrogen) atoms. The van der Waals surface area contributed by atoms with Crippen LogP contribution in [0.4, 0.5) is 4.39 Å². The van der Waals surface area contributed by atoms with Crippen LogP contribution in [0.5, 0.6) is 0 Å². The van der Waals surface area contributed by atoms with E-state index in [1.54, 1.807) is 6.07 Å². The van der Waals surface area contributed by atoms with Gasteiger partial charge < -0.3 is 20.4 Å². The van der Waals surface area contributed by atoms with Crippen LogP contribution in [0.25, 0.3) is 0 Å². The monoisotopic (exact) mass is 417 g/mol. The zero-order valence-corrected chi connectivity index (χ0v) is 19.1. The Morgan fingerprint density at radius 2 is 1.87 bits per heavy atom. The molecule has 0 atom stereocenters. The van der Waals surface area contributed by atoms with Gasteiger partial charge in [0.25, 0.3) is 0 Å². The highest BCUT2D eigenvalue weighted by atomic mass is 19.1. The number of benzene rings is 1. The maximum atomic E-state index is 14.0. The molecule has 0 radical (unpaired) electrons. The maximum Gasteiger partial charge on any atom is 0.191 e. The van der Waals surface area contributed by atoms with Gasteiger partial charge in [-0.1, -0.05) is 25.3 Å². The van der Waals surface area contributed by atoms with Gasteiger partial charge in [0, 0.05) is 43.8 Å². The fraction of sp³-hybridized carbons (Fsp3) is 0.708. The summed E-state index contributed by atoms with van der Waals surface area (Å²) in [4.78, 5) is 9.48. The molecular formula is C24H40FN5. The van der Waals surface area contributed by atoms with Crippen LogP contribution in [0.15, 0.2) is 23.2 Å². The molecule has 1 aliphatic carbocycles. The number of rotatable bonds is 7. The van der Waals surface area contributed by atoms with E-state index in [2.05, 4.69) is 22.5 Å². The van der Waals surface area contributed by atoms with Gasteiger partial charge in [0.05, 0.1) is 6.54 Å². The molecule has 5 nitrogen and oxygen atoms in total. The largest absolute Gasteiger partial charge is 0.357 e. The summed E-state index contributed by atoms with van der Waals surface area (Å²) in [6, 6.07) is 6.62. The molecule has 1 heterocycles. The fourth-order valence-electron chi connectivity index (χ4n) is 4.73. The van der Waals surface area contributed by atoms with E-state index in [1.165, 1.54) is 58.0 Å². The van der Waals surface area contributed by atoms with Crippen LogP contribution in [-0.2, 0) is 13.1 Å². The van der Waals surface area contributed by atoms with E-state index in [4.69, 9.17) is 4.99 Å². The Bertz CT molecular complexity index is 676. The maximum absolute atomic E-state index is 14.0. The van der Waals surface area contributed by atoms with Crippen molar-refractivity contribution in [3.8, 4) is 0 Å². The Morgan fingerprint density at radius 1 is 1.13 bits per heavy atom. The van der Waals surface area contributed by atoms with Crippen molar-refractivity contribution in [2.45, 2.75) is 77.0 Å². The Labute approximate surface area is 182 Å². The minimum atomic E-state index is -0.147. The first-order chi connectivity index (χ1) is 14.5. The van der Waals surface area contributed by atoms with E-state index in [0.717, 1.165) is 29.7 Å². The van der Waals surface area contributed by atoms with Gasteiger partial charge in [-0.2, -0.15) is 0 Å². The molecule has 0 amide bonds. The first-order valence-electron chi connectivity index (χ1n) is 11.8. The van der Waals surface area contributed by atoms with Crippen LogP contribution < -0.4 is 10.6 Å². The summed E-state index contributed by atoms with van der Waals surface area (Å²) in [5.74, 6) is 0.721. The van der Waals surface area contributed by atoms with Gasteiger partial charge in [-0.15, -0.1) is 0 Å². The third kappa shape index (κ3) is 6.95. The van der Waals surface area contributed by atoms with Crippen LogP contribution in [-0.4, -0.2) is 61.6 Å². The zero-order chi connectivity index (χ0) is 21.3. The SMILES string of the molecule is CCNC(=NCc1ccc(F)c(CN(C)C)c1)NC1CCN(C2CCCCC2)CC1. The molecule has 1 saturated carbocycles. The lowest BCUT2D eigenvalue weighted by molar-refractivity contribution is 0.119. The van der Waals surface area contributed by atoms with Gasteiger partial charge in [-0.3, -0.25) is 0 Å². The third-order valence-electron chi connectivity index (χ3n) is 6.32. The van der Waals surface area contributed by atoms with Crippen molar-refractivity contribution in [3.63, 3.8) is 0 Å². The predicted molar refractivity (Wildman–Crippen MR) is 123 cm³/mol. The molecule has 1 aliphatic heterocycles. The van der Waals surface area contributed by atoms with Crippen molar-refractivity contribution < 1.29 is 4.39 Å². The molecule has 6 heteroatoms. The van der Waals surface area contributed by atoms with E-state index in [0.29, 0.717) is 19.1 Å². The number of nitrogens with zero attached hydrogens (tertiary/aromatic N) is 3. The van der Waals surface area contributed by atoms with Gasteiger partial charge in [-0.05, 0) is 64.4 Å². The first kappa shape index (κ1) is 23.0. The van der Waals surface area contributed by atoms with Crippen LogP contribution >= 0.6 is 0 Å². The predicted octanol–water partition coefficient (Wildman–Crippen LogP) is 3.74. The van der Waals surface area contributed by atoms with Crippen molar-refractivity contribution in [1.82, 2.24) is 20.4 Å². The highest BCUT2D eigenvalue weighted by Gasteiger charge is 2.26. The molecule has 2 N–H and O–H groups in total. The van der Waals surface area contributed by atoms with Gasteiger partial charge in [0.1, 0.15) is 5.82 Å². The van der Waals surface area contributed by atoms with Crippen LogP contribution in [0.1, 0.15) is 63.0 Å². The summed E-state index contributed by atoms with van der Waals surface area (Å²) < 4.78 is 14.0. The molecule has 0 unspecified atom stereocenters. The average molecular weight is 418 g/mol. The Morgan fingerprint density at radius 3 is 2.53 bits per heavy atom. The van der Waals surface area contributed by atoms with Crippen LogP contribution in [0.2, 0.25) is 0 Å². The summed E-state index contributed by atoms with van der Waals surface area (Å²) >= 11 is 0. The molecule has 168 valence electrons. The van der Waals surface area contributed by atoms with Gasteiger partial charge in [0.15, 0.2) is 5.96 Å². The average Bonchev–Trinajstić information content (AvgIpc) is 2.75. The number of hydrogen-bond donors (Lipinski definition) is 2. The number of nitrogens with one attached hydrogen (secondary N) is 2. The number of hydrogen-bond acceptors (Lipinski definition) is 3. The molecule has 0 aromatic heterocycles. The number of halogens is 1. The van der Waals surface area contributed by atoms with Crippen LogP contribution in [0.3, 0.4) is 0 Å². The third-order valence-corrected chi connectivity index (χ3v) is 6.32. The molecule has 1 aromatic rings. The molecular weight excluding hydrogens is 377 g/mol. The Hall–Kier alpha value is -1.66. The zero-order valence-electron chi connectivity index (χ0n) is 19.1. The topological polar surface area (TPSA) is 42.9 Å². The molecule has 2 fully saturated rings. The fourth-order valence-corrected chi connectivity index (χ4v) is 4.73. The molecule has 0 bridgehead atoms. The molecule has 3 rings (SSSR count). The van der Waals surface area contributed by atoms with Crippen molar-refractivity contribution in [2.75, 3.05) is 33.7 Å². The quantitative estimate of drug-likeness (QED) is 0.524. The van der Waals surface area contributed by atoms with Crippen molar-refractivity contribution in [3.05, 3.63) is 35.1 Å². The van der Waals surface area contributed by atoms with Crippen molar-refractivity contribution >= 4 is 5.96 Å². The minimum Gasteiger partial charge on any atom is -0.357 e. The molecule has 1 saturated heterocycles. The standard InChI is InChI=1S/C24H40FN5/c1-4-26-24(27-17-19-10-11-23(25)20(16-19)18-29(2)3)28-21-12-14-30(15-13-21)22-8-6-5-7-9-22/h10-11,16,21-22H,4-9,12-15,17-18H2,1-3H3,(H2,26,27,28). The summed E-state index contributed by atoms with van der Waals surface area (Å²) in [6.45, 7) is 6.46. The lowest BCUT2D eigenvalue weighted by atomic mass is 9.92. The highest BCUT2D eigenvalue weighted by molar-refractivity contribution is 5.80. The number of aliphatic imine (C=N–C) groups is 1. The number of piperidine rings is 1. The van der Waals surface area contributed by atoms with Gasteiger partial charge in [-0.25, -0.2) is 9.38 Å². The van der Waals surface area contributed by atoms with Crippen molar-refractivity contribution in [1.29, 1.82) is 0 Å². The van der Waals surface area contributed by atoms with E-state index in [-0.39, 0.29) is 5.82 Å². The Kier molecular flexibility index (Phi) is 8.94. The summed E-state index contributed by atoms with van der Waals surface area (Å²) in [6.07, 6.45) is 9.33. The molecule has 1 aromatic carbocycles. The van der Waals surface area contributed by atoms with E-state index in [9.17, 15) is 4.39 Å². The second-order valence-electron chi connectivity index (χ2n) is 9.11. The number of likely N-dealkylation sites (tertiary alicyclic amines) is 1. The first-order valence-corrected chi connectivity index (χ1v) is 11.8. The lowest BCUT2D eigenvalue weighted by Gasteiger charge is -2.39. The lowest BCUT2D eigenvalue weighted by Crippen LogP contribution is -2.50. The normalized spacial score (nSPS) is 20.0. The van der Waals surface area contributed by atoms with E-state index >= 15 is 0 Å². The Balaban J connectivity index is 1.53. The highest BCUT2D eigenvalue weighted by Crippen LogP contribution is 2.25.